The van der Waals surface area contributed by atoms with Crippen LogP contribution in [0, 0.1) is 5.92 Å². The third-order valence-corrected chi connectivity index (χ3v) is 5.63. The zero-order valence-electron chi connectivity index (χ0n) is 13.7. The number of hydrogen-bond acceptors (Lipinski definition) is 4. The number of rotatable bonds is 3. The monoisotopic (exact) mass is 357 g/mol. The van der Waals surface area contributed by atoms with E-state index < -0.39 is 0 Å². The standard InChI is InChI=1S/C18H19N3O3S/c22-16-13(5-6-14(19-16)15-2-1-11-25-15)18(24)21-9-7-20(8-10-21)17(23)12-3-4-12/h1-2,5-6,11-12H,3-4,7-10H2,(H,19,22). The molecule has 130 valence electrons. The molecule has 2 aliphatic rings. The molecule has 3 heterocycles. The summed E-state index contributed by atoms with van der Waals surface area (Å²) in [6.45, 7) is 2.05. The van der Waals surface area contributed by atoms with E-state index in [4.69, 9.17) is 0 Å². The molecule has 0 unspecified atom stereocenters. The van der Waals surface area contributed by atoms with Crippen LogP contribution in [0.5, 0.6) is 0 Å². The molecule has 4 rings (SSSR count). The second-order valence-corrected chi connectivity index (χ2v) is 7.43. The van der Waals surface area contributed by atoms with Crippen molar-refractivity contribution in [2.75, 3.05) is 26.2 Å². The van der Waals surface area contributed by atoms with Crippen LogP contribution in [0.3, 0.4) is 0 Å². The second kappa shape index (κ2) is 6.48. The first-order valence-electron chi connectivity index (χ1n) is 8.49. The maximum absolute atomic E-state index is 12.6. The molecule has 2 fully saturated rings. The molecule has 1 saturated heterocycles. The topological polar surface area (TPSA) is 73.5 Å². The van der Waals surface area contributed by atoms with E-state index in [-0.39, 0.29) is 28.9 Å². The zero-order chi connectivity index (χ0) is 17.4. The van der Waals surface area contributed by atoms with Gasteiger partial charge in [0.1, 0.15) is 5.56 Å². The van der Waals surface area contributed by atoms with Crippen LogP contribution in [-0.2, 0) is 4.79 Å². The van der Waals surface area contributed by atoms with E-state index in [1.807, 2.05) is 22.4 Å². The maximum Gasteiger partial charge on any atom is 0.261 e. The summed E-state index contributed by atoms with van der Waals surface area (Å²) in [5, 5.41) is 1.94. The fraction of sp³-hybridized carbons (Fsp3) is 0.389. The quantitative estimate of drug-likeness (QED) is 0.910. The van der Waals surface area contributed by atoms with Gasteiger partial charge in [0.15, 0.2) is 0 Å². The summed E-state index contributed by atoms with van der Waals surface area (Å²) in [5.41, 5.74) is 0.506. The van der Waals surface area contributed by atoms with Gasteiger partial charge in [-0.15, -0.1) is 11.3 Å². The predicted molar refractivity (Wildman–Crippen MR) is 95.6 cm³/mol. The molecule has 1 N–H and O–H groups in total. The SMILES string of the molecule is O=C(c1ccc(-c2cccs2)[nH]c1=O)N1CCN(C(=O)C2CC2)CC1. The molecule has 0 spiro atoms. The highest BCUT2D eigenvalue weighted by Gasteiger charge is 2.35. The van der Waals surface area contributed by atoms with E-state index in [0.717, 1.165) is 23.4 Å². The van der Waals surface area contributed by atoms with E-state index in [1.165, 1.54) is 11.3 Å². The van der Waals surface area contributed by atoms with Gasteiger partial charge < -0.3 is 14.8 Å². The molecular weight excluding hydrogens is 338 g/mol. The van der Waals surface area contributed by atoms with Crippen molar-refractivity contribution >= 4 is 23.2 Å². The van der Waals surface area contributed by atoms with Crippen molar-refractivity contribution < 1.29 is 9.59 Å². The average molecular weight is 357 g/mol. The molecule has 25 heavy (non-hydrogen) atoms. The Hall–Kier alpha value is -2.41. The summed E-state index contributed by atoms with van der Waals surface area (Å²) in [5.74, 6) is 0.151. The van der Waals surface area contributed by atoms with Crippen molar-refractivity contribution in [1.29, 1.82) is 0 Å². The number of carbonyl (C=O) groups is 2. The zero-order valence-corrected chi connectivity index (χ0v) is 14.6. The first-order chi connectivity index (χ1) is 12.1. The van der Waals surface area contributed by atoms with E-state index in [2.05, 4.69) is 4.98 Å². The third-order valence-electron chi connectivity index (χ3n) is 4.73. The molecule has 7 heteroatoms. The molecule has 1 saturated carbocycles. The second-order valence-electron chi connectivity index (χ2n) is 6.48. The molecule has 0 aromatic carbocycles. The number of aromatic amines is 1. The van der Waals surface area contributed by atoms with Gasteiger partial charge >= 0.3 is 0 Å². The lowest BCUT2D eigenvalue weighted by molar-refractivity contribution is -0.134. The number of amides is 2. The molecule has 2 amide bonds. The van der Waals surface area contributed by atoms with Crippen molar-refractivity contribution in [3.05, 3.63) is 45.6 Å². The summed E-state index contributed by atoms with van der Waals surface area (Å²) in [4.78, 5) is 44.3. The molecule has 0 bridgehead atoms. The van der Waals surface area contributed by atoms with Gasteiger partial charge in [-0.1, -0.05) is 6.07 Å². The molecule has 0 atom stereocenters. The minimum Gasteiger partial charge on any atom is -0.339 e. The Bertz CT molecular complexity index is 847. The number of nitrogens with zero attached hydrogens (tertiary/aromatic N) is 2. The smallest absolute Gasteiger partial charge is 0.261 e. The summed E-state index contributed by atoms with van der Waals surface area (Å²) in [7, 11) is 0. The number of piperazine rings is 1. The van der Waals surface area contributed by atoms with Crippen LogP contribution in [0.15, 0.2) is 34.4 Å². The maximum atomic E-state index is 12.6. The largest absolute Gasteiger partial charge is 0.339 e. The van der Waals surface area contributed by atoms with Crippen molar-refractivity contribution in [2.45, 2.75) is 12.8 Å². The predicted octanol–water partition coefficient (Wildman–Crippen LogP) is 1.80. The molecule has 1 aliphatic carbocycles. The molecule has 6 nitrogen and oxygen atoms in total. The minimum absolute atomic E-state index is 0.155. The highest BCUT2D eigenvalue weighted by molar-refractivity contribution is 7.13. The van der Waals surface area contributed by atoms with Gasteiger partial charge in [-0.05, 0) is 36.4 Å². The van der Waals surface area contributed by atoms with Crippen molar-refractivity contribution in [1.82, 2.24) is 14.8 Å². The molecule has 2 aromatic heterocycles. The van der Waals surface area contributed by atoms with Crippen molar-refractivity contribution in [3.63, 3.8) is 0 Å². The Morgan fingerprint density at radius 2 is 1.76 bits per heavy atom. The minimum atomic E-state index is -0.368. The van der Waals surface area contributed by atoms with E-state index in [0.29, 0.717) is 26.2 Å². The van der Waals surface area contributed by atoms with Crippen LogP contribution in [0.4, 0.5) is 0 Å². The van der Waals surface area contributed by atoms with Gasteiger partial charge in [-0.2, -0.15) is 0 Å². The first kappa shape index (κ1) is 16.1. The summed E-state index contributed by atoms with van der Waals surface area (Å²) < 4.78 is 0. The first-order valence-corrected chi connectivity index (χ1v) is 9.37. The van der Waals surface area contributed by atoms with Crippen LogP contribution >= 0.6 is 11.3 Å². The van der Waals surface area contributed by atoms with Gasteiger partial charge in [0.2, 0.25) is 5.91 Å². The van der Waals surface area contributed by atoms with Crippen LogP contribution < -0.4 is 5.56 Å². The van der Waals surface area contributed by atoms with Crippen LogP contribution in [0.1, 0.15) is 23.2 Å². The van der Waals surface area contributed by atoms with Gasteiger partial charge in [0, 0.05) is 32.1 Å². The number of pyridine rings is 1. The Balaban J connectivity index is 1.44. The lowest BCUT2D eigenvalue weighted by atomic mass is 10.2. The highest BCUT2D eigenvalue weighted by atomic mass is 32.1. The number of hydrogen-bond donors (Lipinski definition) is 1. The Morgan fingerprint density at radius 1 is 1.04 bits per heavy atom. The van der Waals surface area contributed by atoms with E-state index >= 15 is 0 Å². The summed E-state index contributed by atoms with van der Waals surface area (Å²) >= 11 is 1.53. The Kier molecular flexibility index (Phi) is 4.17. The highest BCUT2D eigenvalue weighted by Crippen LogP contribution is 2.31. The van der Waals surface area contributed by atoms with Gasteiger partial charge in [0.05, 0.1) is 10.6 Å². The number of nitrogens with one attached hydrogen (secondary N) is 1. The molecule has 2 aromatic rings. The lowest BCUT2D eigenvalue weighted by Crippen LogP contribution is -2.51. The molecule has 0 radical (unpaired) electrons. The van der Waals surface area contributed by atoms with E-state index in [9.17, 15) is 14.4 Å². The molecule has 1 aliphatic heterocycles. The number of carbonyl (C=O) groups excluding carboxylic acids is 2. The van der Waals surface area contributed by atoms with Gasteiger partial charge in [-0.25, -0.2) is 0 Å². The number of thiophene rings is 1. The van der Waals surface area contributed by atoms with Crippen molar-refractivity contribution in [3.8, 4) is 10.6 Å². The fourth-order valence-electron chi connectivity index (χ4n) is 3.11. The summed E-state index contributed by atoms with van der Waals surface area (Å²) in [6, 6.07) is 7.21. The average Bonchev–Trinajstić information content (AvgIpc) is 3.34. The number of aromatic nitrogens is 1. The third kappa shape index (κ3) is 3.24. The molecular formula is C18H19N3O3S. The number of H-pyrrole nitrogens is 1. The normalized spacial score (nSPS) is 17.6. The van der Waals surface area contributed by atoms with Crippen LogP contribution in [-0.4, -0.2) is 52.8 Å². The van der Waals surface area contributed by atoms with Crippen LogP contribution in [0.25, 0.3) is 10.6 Å². The van der Waals surface area contributed by atoms with Gasteiger partial charge in [0.25, 0.3) is 11.5 Å². The van der Waals surface area contributed by atoms with Gasteiger partial charge in [-0.3, -0.25) is 14.4 Å². The summed E-state index contributed by atoms with van der Waals surface area (Å²) in [6.07, 6.45) is 1.98. The van der Waals surface area contributed by atoms with E-state index in [1.54, 1.807) is 17.0 Å². The lowest BCUT2D eigenvalue weighted by Gasteiger charge is -2.34. The fourth-order valence-corrected chi connectivity index (χ4v) is 3.81. The Labute approximate surface area is 149 Å². The van der Waals surface area contributed by atoms with Crippen LogP contribution in [0.2, 0.25) is 0 Å². The Morgan fingerprint density at radius 3 is 2.36 bits per heavy atom. The van der Waals surface area contributed by atoms with Crippen molar-refractivity contribution in [2.24, 2.45) is 5.92 Å².